The number of rotatable bonds is 8. The van der Waals surface area contributed by atoms with E-state index in [9.17, 15) is 5.11 Å². The van der Waals surface area contributed by atoms with Gasteiger partial charge in [0.05, 0.1) is 11.6 Å². The highest BCUT2D eigenvalue weighted by atomic mass is 16.3. The molecule has 4 heteroatoms. The molecule has 1 saturated heterocycles. The van der Waals surface area contributed by atoms with Crippen molar-refractivity contribution >= 4 is 5.71 Å². The summed E-state index contributed by atoms with van der Waals surface area (Å²) >= 11 is 0. The number of hydrazone groups is 1. The molecule has 9 aliphatic carbocycles. The Morgan fingerprint density at radius 3 is 1.63 bits per heavy atom. The molecule has 10 fully saturated rings. The van der Waals surface area contributed by atoms with Crippen LogP contribution in [0, 0.1) is 69.5 Å². The van der Waals surface area contributed by atoms with Gasteiger partial charge in [0.2, 0.25) is 0 Å². The minimum atomic E-state index is -0.525. The number of hydrogen-bond donors (Lipinski definition) is 1. The molecule has 2 aliphatic heterocycles. The van der Waals surface area contributed by atoms with Crippen LogP contribution in [0.1, 0.15) is 258 Å². The Bertz CT molecular complexity index is 1530. The van der Waals surface area contributed by atoms with Gasteiger partial charge in [0.1, 0.15) is 0 Å². The number of hydrogen-bond acceptors (Lipinski definition) is 4. The minimum absolute atomic E-state index is 0.0841. The Labute approximate surface area is 388 Å². The Kier molecular flexibility index (Phi) is 13.1. The van der Waals surface area contributed by atoms with E-state index in [1.165, 1.54) is 231 Å². The molecule has 356 valence electrons. The SMILES string of the molecule is C[C@]12CCCC[C@]1(C)[C@@H]1CC[C@@]3(C)[C@H](CC[C@@]3(O)CN3C(C4CCCCC4)CC(C4CCC(N5N=C(C6CCCCC6)C[C@H]5C5CCCCC5)CC4)CC3C3CCCCC3)[C@@H]1CC2. The van der Waals surface area contributed by atoms with Gasteiger partial charge in [-0.3, -0.25) is 9.91 Å². The summed E-state index contributed by atoms with van der Waals surface area (Å²) in [7, 11) is 0. The molecule has 10 atom stereocenters. The summed E-state index contributed by atoms with van der Waals surface area (Å²) in [6, 6.07) is 2.80. The molecule has 4 nitrogen and oxygen atoms in total. The van der Waals surface area contributed by atoms with Crippen molar-refractivity contribution in [1.82, 2.24) is 9.91 Å². The third-order valence-electron chi connectivity index (χ3n) is 24.5. The summed E-state index contributed by atoms with van der Waals surface area (Å²) < 4.78 is 0. The van der Waals surface area contributed by atoms with Crippen LogP contribution >= 0.6 is 0 Å². The van der Waals surface area contributed by atoms with E-state index in [-0.39, 0.29) is 5.41 Å². The number of nitrogens with zero attached hydrogens (tertiary/aromatic N) is 3. The van der Waals surface area contributed by atoms with E-state index < -0.39 is 5.60 Å². The first-order valence-corrected chi connectivity index (χ1v) is 29.5. The monoisotopic (exact) mass is 866 g/mol. The molecular weight excluding hydrogens is 767 g/mol. The summed E-state index contributed by atoms with van der Waals surface area (Å²) in [5.41, 5.74) is 2.27. The molecule has 2 heterocycles. The van der Waals surface area contributed by atoms with Crippen molar-refractivity contribution in [2.45, 2.75) is 288 Å². The normalized spacial score (nSPS) is 47.8. The molecule has 0 bridgehead atoms. The number of β-amino-alcohol motifs (C(OH)–C–C–N with tert-alkyl or cyclic N) is 1. The molecule has 1 N–H and O–H groups in total. The van der Waals surface area contributed by atoms with Crippen molar-refractivity contribution in [3.05, 3.63) is 0 Å². The molecule has 63 heavy (non-hydrogen) atoms. The van der Waals surface area contributed by atoms with Gasteiger partial charge in [0.15, 0.2) is 0 Å². The molecule has 0 spiro atoms. The van der Waals surface area contributed by atoms with Crippen molar-refractivity contribution in [2.75, 3.05) is 6.54 Å². The van der Waals surface area contributed by atoms with Gasteiger partial charge >= 0.3 is 0 Å². The first-order valence-electron chi connectivity index (χ1n) is 29.5. The highest BCUT2D eigenvalue weighted by Crippen LogP contribution is 2.71. The lowest BCUT2D eigenvalue weighted by molar-refractivity contribution is -0.186. The molecule has 9 saturated carbocycles. The second-order valence-corrected chi connectivity index (χ2v) is 27.0. The lowest BCUT2D eigenvalue weighted by Gasteiger charge is -2.65. The third kappa shape index (κ3) is 8.11. The van der Waals surface area contributed by atoms with Crippen LogP contribution in [0.5, 0.6) is 0 Å². The lowest BCUT2D eigenvalue weighted by Crippen LogP contribution is -2.64. The first kappa shape index (κ1) is 44.9. The maximum atomic E-state index is 13.7. The smallest absolute Gasteiger partial charge is 0.0830 e. The van der Waals surface area contributed by atoms with E-state index in [0.717, 1.165) is 66.2 Å². The van der Waals surface area contributed by atoms with Crippen LogP contribution in [0.2, 0.25) is 0 Å². The summed E-state index contributed by atoms with van der Waals surface area (Å²) in [6.07, 6.45) is 52.7. The van der Waals surface area contributed by atoms with Gasteiger partial charge in [0, 0.05) is 42.2 Å². The number of piperidine rings is 1. The standard InChI is InChI=1S/C59H99N3O/c1-56-33-16-17-34-57(56,2)50-31-36-58(3)51(49(50)30-35-56)32-37-59(58,63)41-61-53(44-20-10-5-11-21-44)38-47(39-54(61)45-22-12-6-13-23-45)42-26-28-48(29-27-42)62-55(46-24-14-7-15-25-46)40-52(60-62)43-18-8-4-9-19-43/h42-51,53-55,63H,4-41H2,1-3H3/t42?,47?,48?,49-,50-,51-,53?,54?,55+,56-,57-,58+,59-/m1/s1. The van der Waals surface area contributed by atoms with Gasteiger partial charge < -0.3 is 5.11 Å². The predicted octanol–water partition coefficient (Wildman–Crippen LogP) is 15.3. The summed E-state index contributed by atoms with van der Waals surface area (Å²) in [5, 5.41) is 22.3. The average molecular weight is 866 g/mol. The molecule has 0 aromatic heterocycles. The molecule has 2 unspecified atom stereocenters. The van der Waals surface area contributed by atoms with Crippen molar-refractivity contribution in [3.63, 3.8) is 0 Å². The van der Waals surface area contributed by atoms with E-state index in [4.69, 9.17) is 5.10 Å². The predicted molar refractivity (Wildman–Crippen MR) is 263 cm³/mol. The van der Waals surface area contributed by atoms with E-state index in [2.05, 4.69) is 30.7 Å². The maximum Gasteiger partial charge on any atom is 0.0830 e. The number of likely N-dealkylation sites (tertiary alicyclic amines) is 1. The lowest BCUT2D eigenvalue weighted by atomic mass is 9.40. The molecule has 0 amide bonds. The van der Waals surface area contributed by atoms with Gasteiger partial charge in [-0.1, -0.05) is 111 Å². The van der Waals surface area contributed by atoms with E-state index >= 15 is 0 Å². The van der Waals surface area contributed by atoms with Gasteiger partial charge in [-0.15, -0.1) is 0 Å². The Balaban J connectivity index is 0.830. The van der Waals surface area contributed by atoms with E-state index in [1.54, 1.807) is 5.71 Å². The summed E-state index contributed by atoms with van der Waals surface area (Å²) in [4.78, 5) is 3.20. The number of aliphatic hydroxyl groups is 1. The van der Waals surface area contributed by atoms with Crippen molar-refractivity contribution in [3.8, 4) is 0 Å². The van der Waals surface area contributed by atoms with Gasteiger partial charge in [0.25, 0.3) is 0 Å². The molecule has 0 aromatic rings. The van der Waals surface area contributed by atoms with Crippen LogP contribution < -0.4 is 0 Å². The molecule has 11 rings (SSSR count). The van der Waals surface area contributed by atoms with Gasteiger partial charge in [-0.05, 0) is 205 Å². The zero-order valence-corrected chi connectivity index (χ0v) is 41.7. The van der Waals surface area contributed by atoms with Crippen molar-refractivity contribution < 1.29 is 5.11 Å². The van der Waals surface area contributed by atoms with E-state index in [1.807, 2.05) is 0 Å². The highest BCUT2D eigenvalue weighted by molar-refractivity contribution is 5.88. The van der Waals surface area contributed by atoms with Crippen LogP contribution in [-0.4, -0.2) is 57.0 Å². The summed E-state index contributed by atoms with van der Waals surface area (Å²) in [6.45, 7) is 9.13. The topological polar surface area (TPSA) is 39.1 Å². The van der Waals surface area contributed by atoms with Crippen LogP contribution in [0.25, 0.3) is 0 Å². The third-order valence-corrected chi connectivity index (χ3v) is 24.5. The largest absolute Gasteiger partial charge is 0.388 e. The quantitative estimate of drug-likeness (QED) is 0.264. The molecule has 0 aromatic carbocycles. The Hall–Kier alpha value is -0.610. The Morgan fingerprint density at radius 2 is 1.02 bits per heavy atom. The maximum absolute atomic E-state index is 13.7. The zero-order chi connectivity index (χ0) is 42.8. The highest BCUT2D eigenvalue weighted by Gasteiger charge is 2.67. The van der Waals surface area contributed by atoms with Crippen LogP contribution in [0.4, 0.5) is 0 Å². The van der Waals surface area contributed by atoms with Gasteiger partial charge in [-0.2, -0.15) is 5.10 Å². The first-order chi connectivity index (χ1) is 30.7. The van der Waals surface area contributed by atoms with Crippen LogP contribution in [0.15, 0.2) is 5.10 Å². The second kappa shape index (κ2) is 18.4. The van der Waals surface area contributed by atoms with E-state index in [0.29, 0.717) is 35.0 Å². The molecule has 0 radical (unpaired) electrons. The fourth-order valence-corrected chi connectivity index (χ4v) is 20.4. The fraction of sp³-hybridized carbons (Fsp3) is 0.983. The minimum Gasteiger partial charge on any atom is -0.388 e. The van der Waals surface area contributed by atoms with Crippen molar-refractivity contribution in [1.29, 1.82) is 0 Å². The Morgan fingerprint density at radius 1 is 0.476 bits per heavy atom. The van der Waals surface area contributed by atoms with Crippen LogP contribution in [-0.2, 0) is 0 Å². The summed E-state index contributed by atoms with van der Waals surface area (Å²) in [5.74, 6) is 7.65. The van der Waals surface area contributed by atoms with Crippen molar-refractivity contribution in [2.24, 2.45) is 74.6 Å². The molecular formula is C59H99N3O. The fourth-order valence-electron chi connectivity index (χ4n) is 20.4. The zero-order valence-electron chi connectivity index (χ0n) is 41.7. The second-order valence-electron chi connectivity index (χ2n) is 27.0. The van der Waals surface area contributed by atoms with Gasteiger partial charge in [-0.25, -0.2) is 0 Å². The molecule has 11 aliphatic rings. The van der Waals surface area contributed by atoms with Crippen LogP contribution in [0.3, 0.4) is 0 Å². The number of fused-ring (bicyclic) bond motifs is 5. The average Bonchev–Trinajstić information content (AvgIpc) is 3.89.